The van der Waals surface area contributed by atoms with E-state index < -0.39 is 15.4 Å². The van der Waals surface area contributed by atoms with Gasteiger partial charge in [0, 0.05) is 49.0 Å². The van der Waals surface area contributed by atoms with Gasteiger partial charge in [0.05, 0.1) is 7.11 Å². The number of methoxy groups -OCH3 is 1. The molecule has 1 aliphatic heterocycles. The molecule has 3 rings (SSSR count). The number of aryl methyl sites for hydroxylation is 2. The number of hydrogen-bond donors (Lipinski definition) is 1. The molecule has 0 atom stereocenters. The monoisotopic (exact) mass is 413 g/mol. The van der Waals surface area contributed by atoms with Crippen LogP contribution >= 0.6 is 11.6 Å². The largest absolute Gasteiger partial charge is 0.496 e. The van der Waals surface area contributed by atoms with Crippen molar-refractivity contribution in [2.75, 3.05) is 26.9 Å². The fourth-order valence-corrected chi connectivity index (χ4v) is 4.70. The predicted octanol–water partition coefficient (Wildman–Crippen LogP) is 2.42. The summed E-state index contributed by atoms with van der Waals surface area (Å²) in [6.07, 6.45) is 2.83. The van der Waals surface area contributed by atoms with Crippen LogP contribution in [0, 0.1) is 6.92 Å². The lowest BCUT2D eigenvalue weighted by Crippen LogP contribution is -2.44. The second-order valence-electron chi connectivity index (χ2n) is 6.80. The van der Waals surface area contributed by atoms with Crippen LogP contribution in [-0.4, -0.2) is 44.8 Å². The van der Waals surface area contributed by atoms with Gasteiger partial charge in [-0.2, -0.15) is 0 Å². The van der Waals surface area contributed by atoms with Crippen molar-refractivity contribution < 1.29 is 17.9 Å². The van der Waals surface area contributed by atoms with E-state index in [9.17, 15) is 8.42 Å². The quantitative estimate of drug-likeness (QED) is 0.786. The van der Waals surface area contributed by atoms with Crippen LogP contribution in [-0.2, 0) is 27.2 Å². The fourth-order valence-electron chi connectivity index (χ4n) is 3.36. The third kappa shape index (κ3) is 4.13. The van der Waals surface area contributed by atoms with Crippen LogP contribution in [0.15, 0.2) is 29.4 Å². The van der Waals surface area contributed by atoms with Crippen molar-refractivity contribution in [2.45, 2.75) is 30.2 Å². The Morgan fingerprint density at radius 2 is 2.07 bits per heavy atom. The summed E-state index contributed by atoms with van der Waals surface area (Å²) in [5, 5.41) is 0.600. The molecule has 7 nitrogen and oxygen atoms in total. The van der Waals surface area contributed by atoms with Crippen LogP contribution in [0.5, 0.6) is 5.75 Å². The van der Waals surface area contributed by atoms with E-state index >= 15 is 0 Å². The SMILES string of the molecule is COc1ccc(Cl)cc1C1(CNS(=O)(=O)c2cn(C)c(C)n2)CCOCC1. The molecule has 0 aliphatic carbocycles. The average molecular weight is 414 g/mol. The van der Waals surface area contributed by atoms with Gasteiger partial charge in [-0.05, 0) is 38.0 Å². The standard InChI is InChI=1S/C18H24ClN3O4S/c1-13-21-17(11-22(13)2)27(23,24)20-12-18(6-8-26-9-7-18)15-10-14(19)4-5-16(15)25-3/h4-5,10-11,20H,6-9,12H2,1-3H3. The molecule has 0 bridgehead atoms. The Labute approximate surface area is 164 Å². The molecule has 1 saturated heterocycles. The second kappa shape index (κ2) is 7.79. The Morgan fingerprint density at radius 1 is 1.37 bits per heavy atom. The molecule has 2 heterocycles. The molecule has 0 saturated carbocycles. The van der Waals surface area contributed by atoms with Crippen molar-refractivity contribution in [3.63, 3.8) is 0 Å². The number of benzene rings is 1. The Bertz CT molecular complexity index is 901. The van der Waals surface area contributed by atoms with Crippen LogP contribution in [0.3, 0.4) is 0 Å². The van der Waals surface area contributed by atoms with E-state index in [1.54, 1.807) is 31.7 Å². The smallest absolute Gasteiger partial charge is 0.259 e. The number of imidazole rings is 1. The summed E-state index contributed by atoms with van der Waals surface area (Å²) in [5.41, 5.74) is 0.423. The number of rotatable bonds is 6. The maximum absolute atomic E-state index is 12.8. The summed E-state index contributed by atoms with van der Waals surface area (Å²) in [5.74, 6) is 1.32. The number of nitrogens with one attached hydrogen (secondary N) is 1. The lowest BCUT2D eigenvalue weighted by atomic mass is 9.74. The van der Waals surface area contributed by atoms with Crippen molar-refractivity contribution in [2.24, 2.45) is 7.05 Å². The molecule has 0 amide bonds. The van der Waals surface area contributed by atoms with E-state index in [2.05, 4.69) is 9.71 Å². The molecular weight excluding hydrogens is 390 g/mol. The zero-order valence-electron chi connectivity index (χ0n) is 15.7. The maximum atomic E-state index is 12.8. The average Bonchev–Trinajstić information content (AvgIpc) is 3.00. The number of ether oxygens (including phenoxy) is 2. The van der Waals surface area contributed by atoms with E-state index in [1.807, 2.05) is 12.1 Å². The molecule has 27 heavy (non-hydrogen) atoms. The van der Waals surface area contributed by atoms with Crippen LogP contribution in [0.1, 0.15) is 24.2 Å². The maximum Gasteiger partial charge on any atom is 0.259 e. The third-order valence-corrected chi connectivity index (χ3v) is 6.65. The molecule has 0 spiro atoms. The minimum absolute atomic E-state index is 0.0165. The summed E-state index contributed by atoms with van der Waals surface area (Å²) in [6, 6.07) is 5.42. The number of aromatic nitrogens is 2. The van der Waals surface area contributed by atoms with E-state index in [-0.39, 0.29) is 11.6 Å². The van der Waals surface area contributed by atoms with Crippen molar-refractivity contribution in [3.05, 3.63) is 40.8 Å². The molecule has 1 N–H and O–H groups in total. The highest BCUT2D eigenvalue weighted by atomic mass is 35.5. The topological polar surface area (TPSA) is 82.5 Å². The zero-order valence-corrected chi connectivity index (χ0v) is 17.2. The van der Waals surface area contributed by atoms with Gasteiger partial charge >= 0.3 is 0 Å². The van der Waals surface area contributed by atoms with Gasteiger partial charge in [0.25, 0.3) is 10.0 Å². The van der Waals surface area contributed by atoms with Gasteiger partial charge in [-0.15, -0.1) is 0 Å². The Hall–Kier alpha value is -1.61. The second-order valence-corrected chi connectivity index (χ2v) is 8.95. The van der Waals surface area contributed by atoms with E-state index in [0.717, 1.165) is 5.56 Å². The van der Waals surface area contributed by atoms with Crippen molar-refractivity contribution in [3.8, 4) is 5.75 Å². The molecule has 1 fully saturated rings. The van der Waals surface area contributed by atoms with Gasteiger partial charge in [0.1, 0.15) is 11.6 Å². The predicted molar refractivity (Wildman–Crippen MR) is 103 cm³/mol. The van der Waals surface area contributed by atoms with Crippen molar-refractivity contribution >= 4 is 21.6 Å². The Kier molecular flexibility index (Phi) is 5.81. The molecule has 1 aromatic heterocycles. The van der Waals surface area contributed by atoms with E-state index in [1.165, 1.54) is 6.20 Å². The van der Waals surface area contributed by atoms with Crippen LogP contribution in [0.25, 0.3) is 0 Å². The van der Waals surface area contributed by atoms with Gasteiger partial charge in [-0.25, -0.2) is 18.1 Å². The first kappa shape index (κ1) is 20.1. The van der Waals surface area contributed by atoms with Gasteiger partial charge in [0.15, 0.2) is 5.03 Å². The lowest BCUT2D eigenvalue weighted by Gasteiger charge is -2.38. The molecule has 1 aromatic carbocycles. The molecule has 1 aliphatic rings. The van der Waals surface area contributed by atoms with E-state index in [0.29, 0.717) is 42.7 Å². The third-order valence-electron chi connectivity index (χ3n) is 5.15. The highest BCUT2D eigenvalue weighted by molar-refractivity contribution is 7.89. The number of hydrogen-bond acceptors (Lipinski definition) is 5. The highest BCUT2D eigenvalue weighted by Gasteiger charge is 2.38. The van der Waals surface area contributed by atoms with Crippen LogP contribution in [0.4, 0.5) is 0 Å². The molecule has 0 radical (unpaired) electrons. The normalized spacial score (nSPS) is 17.0. The summed E-state index contributed by atoms with van der Waals surface area (Å²) in [7, 11) is -0.374. The highest BCUT2D eigenvalue weighted by Crippen LogP contribution is 2.41. The molecule has 9 heteroatoms. The van der Waals surface area contributed by atoms with Gasteiger partial charge in [-0.3, -0.25) is 0 Å². The fraction of sp³-hybridized carbons (Fsp3) is 0.500. The first-order valence-corrected chi connectivity index (χ1v) is 10.5. The van der Waals surface area contributed by atoms with Gasteiger partial charge in [0.2, 0.25) is 0 Å². The Morgan fingerprint density at radius 3 is 2.67 bits per heavy atom. The number of halogens is 1. The van der Waals surface area contributed by atoms with Crippen molar-refractivity contribution in [1.29, 1.82) is 0 Å². The van der Waals surface area contributed by atoms with Gasteiger partial charge < -0.3 is 14.0 Å². The first-order chi connectivity index (χ1) is 12.8. The van der Waals surface area contributed by atoms with Gasteiger partial charge in [-0.1, -0.05) is 11.6 Å². The van der Waals surface area contributed by atoms with Crippen LogP contribution < -0.4 is 9.46 Å². The first-order valence-electron chi connectivity index (χ1n) is 8.69. The molecule has 148 valence electrons. The Balaban J connectivity index is 1.93. The zero-order chi connectivity index (χ0) is 19.7. The number of nitrogens with zero attached hydrogens (tertiary/aromatic N) is 2. The number of sulfonamides is 1. The summed E-state index contributed by atoms with van der Waals surface area (Å²) >= 11 is 6.22. The van der Waals surface area contributed by atoms with E-state index in [4.69, 9.17) is 21.1 Å². The summed E-state index contributed by atoms with van der Waals surface area (Å²) < 4.78 is 41.0. The summed E-state index contributed by atoms with van der Waals surface area (Å²) in [4.78, 5) is 4.13. The minimum Gasteiger partial charge on any atom is -0.496 e. The van der Waals surface area contributed by atoms with Crippen LogP contribution in [0.2, 0.25) is 5.02 Å². The molecular formula is C18H24ClN3O4S. The van der Waals surface area contributed by atoms with Crippen molar-refractivity contribution in [1.82, 2.24) is 14.3 Å². The lowest BCUT2D eigenvalue weighted by molar-refractivity contribution is 0.0509. The molecule has 0 unspecified atom stereocenters. The molecule has 2 aromatic rings. The minimum atomic E-state index is -3.73. The summed E-state index contributed by atoms with van der Waals surface area (Å²) in [6.45, 7) is 3.06.